The van der Waals surface area contributed by atoms with Gasteiger partial charge in [-0.1, -0.05) is 0 Å². The summed E-state index contributed by atoms with van der Waals surface area (Å²) in [4.78, 5) is 18.0. The third kappa shape index (κ3) is 2.03. The van der Waals surface area contributed by atoms with Crippen LogP contribution in [0.5, 0.6) is 0 Å². The van der Waals surface area contributed by atoms with E-state index >= 15 is 0 Å². The monoisotopic (exact) mass is 282 g/mol. The lowest BCUT2D eigenvalue weighted by Crippen LogP contribution is -2.04. The van der Waals surface area contributed by atoms with Crippen LogP contribution in [0.3, 0.4) is 0 Å². The van der Waals surface area contributed by atoms with Gasteiger partial charge < -0.3 is 5.73 Å². The standard InChI is InChI=1S/C15H18N6/c1-7-6-21-12(10(4)19-15(21)11(5)17-7)14-18-9(3)8(2)13(16)20-14/h6H,1-5H3,(H2,16,18,20). The predicted molar refractivity (Wildman–Crippen MR) is 82.1 cm³/mol. The molecule has 0 bridgehead atoms. The topological polar surface area (TPSA) is 82.0 Å². The van der Waals surface area contributed by atoms with Gasteiger partial charge in [0.15, 0.2) is 11.5 Å². The van der Waals surface area contributed by atoms with Gasteiger partial charge in [0.25, 0.3) is 0 Å². The normalized spacial score (nSPS) is 11.3. The molecule has 0 aromatic carbocycles. The van der Waals surface area contributed by atoms with Crippen LogP contribution in [0.25, 0.3) is 17.2 Å². The van der Waals surface area contributed by atoms with Gasteiger partial charge in [0.2, 0.25) is 0 Å². The fourth-order valence-electron chi connectivity index (χ4n) is 2.48. The SMILES string of the molecule is Cc1cn2c(-c3nc(C)c(C)c(N)n3)c(C)nc2c(C)n1. The summed E-state index contributed by atoms with van der Waals surface area (Å²) in [6, 6.07) is 0. The summed E-state index contributed by atoms with van der Waals surface area (Å²) in [5, 5.41) is 0. The number of nitrogens with zero attached hydrogens (tertiary/aromatic N) is 5. The van der Waals surface area contributed by atoms with Crippen molar-refractivity contribution in [2.24, 2.45) is 0 Å². The van der Waals surface area contributed by atoms with Gasteiger partial charge in [-0.15, -0.1) is 0 Å². The van der Waals surface area contributed by atoms with Crippen molar-refractivity contribution in [1.29, 1.82) is 0 Å². The van der Waals surface area contributed by atoms with Gasteiger partial charge in [-0.3, -0.25) is 9.38 Å². The zero-order valence-electron chi connectivity index (χ0n) is 12.9. The van der Waals surface area contributed by atoms with Gasteiger partial charge in [0.1, 0.15) is 11.5 Å². The van der Waals surface area contributed by atoms with E-state index in [1.807, 2.05) is 45.2 Å². The lowest BCUT2D eigenvalue weighted by atomic mass is 10.2. The first kappa shape index (κ1) is 13.5. The first-order valence-electron chi connectivity index (χ1n) is 6.82. The minimum absolute atomic E-state index is 0.509. The van der Waals surface area contributed by atoms with Gasteiger partial charge in [-0.2, -0.15) is 0 Å². The van der Waals surface area contributed by atoms with Crippen molar-refractivity contribution in [2.45, 2.75) is 34.6 Å². The Morgan fingerprint density at radius 2 is 1.57 bits per heavy atom. The lowest BCUT2D eigenvalue weighted by molar-refractivity contribution is 1.01. The molecule has 3 rings (SSSR count). The number of hydrogen-bond donors (Lipinski definition) is 1. The highest BCUT2D eigenvalue weighted by Crippen LogP contribution is 2.25. The van der Waals surface area contributed by atoms with Gasteiger partial charge in [-0.05, 0) is 34.6 Å². The molecule has 0 saturated heterocycles. The van der Waals surface area contributed by atoms with E-state index < -0.39 is 0 Å². The van der Waals surface area contributed by atoms with Crippen molar-refractivity contribution in [3.05, 3.63) is 34.5 Å². The van der Waals surface area contributed by atoms with Crippen molar-refractivity contribution in [2.75, 3.05) is 5.73 Å². The molecule has 0 spiro atoms. The Hall–Kier alpha value is -2.50. The number of rotatable bonds is 1. The van der Waals surface area contributed by atoms with E-state index in [9.17, 15) is 0 Å². The smallest absolute Gasteiger partial charge is 0.180 e. The summed E-state index contributed by atoms with van der Waals surface area (Å²) in [6.07, 6.45) is 1.95. The molecule has 3 heterocycles. The highest BCUT2D eigenvalue weighted by atomic mass is 15.1. The average molecular weight is 282 g/mol. The van der Waals surface area contributed by atoms with Crippen molar-refractivity contribution < 1.29 is 0 Å². The van der Waals surface area contributed by atoms with Crippen LogP contribution in [0.15, 0.2) is 6.20 Å². The summed E-state index contributed by atoms with van der Waals surface area (Å²) >= 11 is 0. The lowest BCUT2D eigenvalue weighted by Gasteiger charge is -2.08. The van der Waals surface area contributed by atoms with Crippen molar-refractivity contribution in [1.82, 2.24) is 24.3 Å². The number of nitrogen functional groups attached to an aromatic ring is 1. The Morgan fingerprint density at radius 3 is 2.24 bits per heavy atom. The molecule has 6 heteroatoms. The molecule has 0 saturated carbocycles. The second-order valence-corrected chi connectivity index (χ2v) is 5.35. The van der Waals surface area contributed by atoms with Crippen LogP contribution in [0.4, 0.5) is 5.82 Å². The highest BCUT2D eigenvalue weighted by molar-refractivity contribution is 5.64. The van der Waals surface area contributed by atoms with E-state index in [-0.39, 0.29) is 0 Å². The third-order valence-electron chi connectivity index (χ3n) is 3.71. The number of aryl methyl sites for hydroxylation is 4. The minimum atomic E-state index is 0.509. The van der Waals surface area contributed by atoms with Crippen LogP contribution >= 0.6 is 0 Å². The highest BCUT2D eigenvalue weighted by Gasteiger charge is 2.17. The number of aromatic nitrogens is 5. The maximum Gasteiger partial charge on any atom is 0.180 e. The molecule has 0 aliphatic heterocycles. The Bertz CT molecular complexity index is 839. The van der Waals surface area contributed by atoms with E-state index in [0.717, 1.165) is 39.7 Å². The van der Waals surface area contributed by atoms with Crippen molar-refractivity contribution in [3.63, 3.8) is 0 Å². The summed E-state index contributed by atoms with van der Waals surface area (Å²) in [5.41, 5.74) is 12.2. The second-order valence-electron chi connectivity index (χ2n) is 5.35. The Kier molecular flexibility index (Phi) is 2.90. The van der Waals surface area contributed by atoms with E-state index in [2.05, 4.69) is 19.9 Å². The number of nitrogens with two attached hydrogens (primary N) is 1. The fourth-order valence-corrected chi connectivity index (χ4v) is 2.48. The Labute approximate surface area is 123 Å². The minimum Gasteiger partial charge on any atom is -0.383 e. The van der Waals surface area contributed by atoms with Crippen LogP contribution in [-0.4, -0.2) is 24.3 Å². The number of fused-ring (bicyclic) bond motifs is 1. The maximum absolute atomic E-state index is 5.99. The van der Waals surface area contributed by atoms with Gasteiger partial charge in [0.05, 0.1) is 17.1 Å². The fraction of sp³-hybridized carbons (Fsp3) is 0.333. The summed E-state index contributed by atoms with van der Waals surface area (Å²) in [7, 11) is 0. The molecule has 0 aliphatic carbocycles. The Balaban J connectivity index is 2.37. The molecule has 3 aromatic heterocycles. The van der Waals surface area contributed by atoms with Crippen LogP contribution in [-0.2, 0) is 0 Å². The van der Waals surface area contributed by atoms with Crippen molar-refractivity contribution >= 4 is 11.5 Å². The molecule has 3 aromatic rings. The van der Waals surface area contributed by atoms with Gasteiger partial charge in [0, 0.05) is 17.5 Å². The molecule has 108 valence electrons. The molecule has 0 amide bonds. The molecule has 2 N–H and O–H groups in total. The van der Waals surface area contributed by atoms with Crippen molar-refractivity contribution in [3.8, 4) is 11.5 Å². The quantitative estimate of drug-likeness (QED) is 0.740. The molecule has 21 heavy (non-hydrogen) atoms. The third-order valence-corrected chi connectivity index (χ3v) is 3.71. The number of imidazole rings is 1. The molecule has 0 atom stereocenters. The van der Waals surface area contributed by atoms with Crippen LogP contribution in [0.2, 0.25) is 0 Å². The maximum atomic E-state index is 5.99. The van der Waals surface area contributed by atoms with Crippen LogP contribution in [0, 0.1) is 34.6 Å². The van der Waals surface area contributed by atoms with E-state index in [4.69, 9.17) is 5.73 Å². The number of hydrogen-bond acceptors (Lipinski definition) is 5. The van der Waals surface area contributed by atoms with E-state index in [1.54, 1.807) is 0 Å². The second kappa shape index (κ2) is 4.51. The van der Waals surface area contributed by atoms with Crippen LogP contribution in [0.1, 0.15) is 28.3 Å². The first-order valence-corrected chi connectivity index (χ1v) is 6.82. The van der Waals surface area contributed by atoms with E-state index in [0.29, 0.717) is 11.6 Å². The summed E-state index contributed by atoms with van der Waals surface area (Å²) in [5.74, 6) is 1.11. The molecule has 0 fully saturated rings. The first-order chi connectivity index (χ1) is 9.88. The van der Waals surface area contributed by atoms with Gasteiger partial charge >= 0.3 is 0 Å². The molecule has 0 aliphatic rings. The predicted octanol–water partition coefficient (Wildman–Crippen LogP) is 2.31. The summed E-state index contributed by atoms with van der Waals surface area (Å²) < 4.78 is 2.00. The van der Waals surface area contributed by atoms with E-state index in [1.165, 1.54) is 0 Å². The average Bonchev–Trinajstić information content (AvgIpc) is 2.72. The molecule has 6 nitrogen and oxygen atoms in total. The zero-order valence-corrected chi connectivity index (χ0v) is 12.9. The molecule has 0 radical (unpaired) electrons. The van der Waals surface area contributed by atoms with Crippen LogP contribution < -0.4 is 5.73 Å². The molecular formula is C15H18N6. The largest absolute Gasteiger partial charge is 0.383 e. The Morgan fingerprint density at radius 1 is 0.857 bits per heavy atom. The molecule has 0 unspecified atom stereocenters. The van der Waals surface area contributed by atoms with Gasteiger partial charge in [-0.25, -0.2) is 15.0 Å². The zero-order chi connectivity index (χ0) is 15.3. The molecular weight excluding hydrogens is 264 g/mol. The summed E-state index contributed by atoms with van der Waals surface area (Å²) in [6.45, 7) is 9.72. The number of anilines is 1.